The third-order valence-electron chi connectivity index (χ3n) is 8.29. The van der Waals surface area contributed by atoms with Crippen LogP contribution in [0.5, 0.6) is 0 Å². The Bertz CT molecular complexity index is 1370. The fourth-order valence-electron chi connectivity index (χ4n) is 5.83. The van der Waals surface area contributed by atoms with Gasteiger partial charge in [0.2, 0.25) is 11.8 Å². The lowest BCUT2D eigenvalue weighted by atomic mass is 9.77. The molecule has 8 N–H and O–H groups in total. The third kappa shape index (κ3) is 7.85. The SMILES string of the molecule is CC1(C)OB(O)c2cc(CC(=O)[C@@H](Cc3ccc(C(F)(F)F)cc3)NC(=O)[C@@H](N)CCC(=O)N3C[C@@H](N)C[C@H]3CN)ccc21. The van der Waals surface area contributed by atoms with Crippen molar-refractivity contribution in [2.45, 2.75) is 81.9 Å². The van der Waals surface area contributed by atoms with Gasteiger partial charge in [-0.05, 0) is 67.4 Å². The molecule has 2 aromatic rings. The number of rotatable bonds is 11. The molecule has 0 radical (unpaired) electrons. The van der Waals surface area contributed by atoms with Crippen LogP contribution in [-0.4, -0.2) is 71.9 Å². The van der Waals surface area contributed by atoms with Gasteiger partial charge >= 0.3 is 13.3 Å². The number of fused-ring (bicyclic) bond motifs is 1. The number of Topliss-reactive ketones (excluding diaryl/α,β-unsaturated/α-hetero) is 1. The zero-order valence-electron chi connectivity index (χ0n) is 24.8. The summed E-state index contributed by atoms with van der Waals surface area (Å²) in [4.78, 5) is 41.0. The van der Waals surface area contributed by atoms with Crippen molar-refractivity contribution in [2.24, 2.45) is 17.2 Å². The van der Waals surface area contributed by atoms with Crippen molar-refractivity contribution >= 4 is 30.2 Å². The van der Waals surface area contributed by atoms with E-state index in [9.17, 15) is 32.6 Å². The Labute approximate surface area is 254 Å². The molecule has 2 amide bonds. The molecule has 0 unspecified atom stereocenters. The molecule has 2 aliphatic heterocycles. The van der Waals surface area contributed by atoms with Crippen LogP contribution >= 0.6 is 0 Å². The summed E-state index contributed by atoms with van der Waals surface area (Å²) in [5.74, 6) is -1.30. The number of hydrogen-bond donors (Lipinski definition) is 5. The summed E-state index contributed by atoms with van der Waals surface area (Å²) in [6, 6.07) is 6.92. The summed E-state index contributed by atoms with van der Waals surface area (Å²) in [6.45, 7) is 4.27. The lowest BCUT2D eigenvalue weighted by Gasteiger charge is -2.24. The number of benzene rings is 2. The molecule has 0 bridgehead atoms. The highest BCUT2D eigenvalue weighted by molar-refractivity contribution is 6.62. The molecule has 0 aliphatic carbocycles. The van der Waals surface area contributed by atoms with Crippen molar-refractivity contribution in [2.75, 3.05) is 13.1 Å². The molecule has 4 atom stereocenters. The molecule has 2 heterocycles. The van der Waals surface area contributed by atoms with Crippen LogP contribution in [-0.2, 0) is 43.7 Å². The molecule has 1 fully saturated rings. The van der Waals surface area contributed by atoms with E-state index in [1.54, 1.807) is 23.1 Å². The molecule has 2 aromatic carbocycles. The van der Waals surface area contributed by atoms with E-state index >= 15 is 0 Å². The fourth-order valence-corrected chi connectivity index (χ4v) is 5.83. The maximum absolute atomic E-state index is 13.5. The van der Waals surface area contributed by atoms with Crippen LogP contribution in [0.15, 0.2) is 42.5 Å². The number of nitrogens with zero attached hydrogens (tertiary/aromatic N) is 1. The zero-order valence-corrected chi connectivity index (χ0v) is 24.8. The Morgan fingerprint density at radius 1 is 1.16 bits per heavy atom. The number of halogens is 3. The Kier molecular flexibility index (Phi) is 10.2. The Hall–Kier alpha value is -3.30. The minimum absolute atomic E-state index is 0.00732. The molecule has 14 heteroatoms. The van der Waals surface area contributed by atoms with Gasteiger partial charge in [0.1, 0.15) is 0 Å². The molecule has 0 saturated carbocycles. The average molecular weight is 617 g/mol. The molecular formula is C30H39BF3N5O5. The minimum atomic E-state index is -4.52. The average Bonchev–Trinajstić information content (AvgIpc) is 3.45. The van der Waals surface area contributed by atoms with Crippen molar-refractivity contribution in [1.29, 1.82) is 0 Å². The predicted molar refractivity (Wildman–Crippen MR) is 158 cm³/mol. The van der Waals surface area contributed by atoms with Gasteiger partial charge in [-0.2, -0.15) is 13.2 Å². The quantitative estimate of drug-likeness (QED) is 0.227. The van der Waals surface area contributed by atoms with E-state index in [2.05, 4.69) is 5.32 Å². The van der Waals surface area contributed by atoms with E-state index < -0.39 is 48.2 Å². The maximum Gasteiger partial charge on any atom is 0.492 e. The monoisotopic (exact) mass is 617 g/mol. The van der Waals surface area contributed by atoms with E-state index in [1.165, 1.54) is 12.1 Å². The third-order valence-corrected chi connectivity index (χ3v) is 8.29. The number of nitrogens with two attached hydrogens (primary N) is 3. The van der Waals surface area contributed by atoms with E-state index in [-0.39, 0.29) is 50.2 Å². The first-order chi connectivity index (χ1) is 20.6. The van der Waals surface area contributed by atoms with Crippen molar-refractivity contribution in [3.63, 3.8) is 0 Å². The summed E-state index contributed by atoms with van der Waals surface area (Å²) >= 11 is 0. The first-order valence-corrected chi connectivity index (χ1v) is 14.6. The van der Waals surface area contributed by atoms with Gasteiger partial charge in [0.15, 0.2) is 5.78 Å². The summed E-state index contributed by atoms with van der Waals surface area (Å²) in [6.07, 6.45) is -4.15. The van der Waals surface area contributed by atoms with E-state index in [0.29, 0.717) is 29.6 Å². The van der Waals surface area contributed by atoms with Crippen LogP contribution in [0.1, 0.15) is 55.4 Å². The highest BCUT2D eigenvalue weighted by Crippen LogP contribution is 2.31. The van der Waals surface area contributed by atoms with Crippen molar-refractivity contribution < 1.29 is 37.2 Å². The molecule has 10 nitrogen and oxygen atoms in total. The summed E-state index contributed by atoms with van der Waals surface area (Å²) in [5.41, 5.74) is 18.6. The molecule has 0 aromatic heterocycles. The molecule has 238 valence electrons. The standard InChI is InChI=1S/C30H39BF3N5O5/c1-29(2)22-8-5-18(11-23(22)31(43)44-29)13-26(40)25(12-17-3-6-19(7-4-17)30(32,33)34)38-28(42)24(37)9-10-27(41)39-16-20(36)14-21(39)15-35/h3-8,11,20-21,24-25,43H,9-10,12-16,35-37H2,1-2H3,(H,38,42)/t20-,21-,24-,25+/m0/s1. The van der Waals surface area contributed by atoms with Gasteiger partial charge < -0.3 is 37.1 Å². The second-order valence-electron chi connectivity index (χ2n) is 12.1. The van der Waals surface area contributed by atoms with Crippen LogP contribution in [0.3, 0.4) is 0 Å². The highest BCUT2D eigenvalue weighted by atomic mass is 19.4. The highest BCUT2D eigenvalue weighted by Gasteiger charge is 2.41. The topological polar surface area (TPSA) is 174 Å². The van der Waals surface area contributed by atoms with Gasteiger partial charge in [-0.3, -0.25) is 14.4 Å². The smallest absolute Gasteiger partial charge is 0.423 e. The zero-order chi connectivity index (χ0) is 32.4. The van der Waals surface area contributed by atoms with Crippen LogP contribution in [0, 0.1) is 0 Å². The van der Waals surface area contributed by atoms with Crippen LogP contribution in [0.4, 0.5) is 13.2 Å². The second kappa shape index (κ2) is 13.4. The van der Waals surface area contributed by atoms with Gasteiger partial charge in [-0.25, -0.2) is 0 Å². The van der Waals surface area contributed by atoms with Crippen LogP contribution in [0.2, 0.25) is 0 Å². The number of likely N-dealkylation sites (tertiary alicyclic amines) is 1. The van der Waals surface area contributed by atoms with Crippen molar-refractivity contribution in [3.05, 3.63) is 64.7 Å². The number of alkyl halides is 3. The number of hydrogen-bond acceptors (Lipinski definition) is 8. The lowest BCUT2D eigenvalue weighted by molar-refractivity contribution is -0.137. The normalized spacial score (nSPS) is 20.8. The van der Waals surface area contributed by atoms with Gasteiger partial charge in [0.25, 0.3) is 0 Å². The molecular weight excluding hydrogens is 578 g/mol. The Morgan fingerprint density at radius 3 is 2.45 bits per heavy atom. The van der Waals surface area contributed by atoms with Crippen LogP contribution in [0.25, 0.3) is 0 Å². The molecule has 4 rings (SSSR count). The van der Waals surface area contributed by atoms with E-state index in [0.717, 1.165) is 17.7 Å². The van der Waals surface area contributed by atoms with E-state index in [4.69, 9.17) is 21.9 Å². The van der Waals surface area contributed by atoms with Gasteiger partial charge in [0.05, 0.1) is 23.2 Å². The van der Waals surface area contributed by atoms with Gasteiger partial charge in [0, 0.05) is 38.0 Å². The molecule has 44 heavy (non-hydrogen) atoms. The number of ketones is 1. The molecule has 2 aliphatic rings. The number of carbonyl (C=O) groups excluding carboxylic acids is 3. The molecule has 1 saturated heterocycles. The maximum atomic E-state index is 13.5. The summed E-state index contributed by atoms with van der Waals surface area (Å²) in [7, 11) is -1.16. The lowest BCUT2D eigenvalue weighted by Crippen LogP contribution is -2.50. The number of nitrogens with one attached hydrogen (secondary N) is 1. The number of amides is 2. The van der Waals surface area contributed by atoms with Gasteiger partial charge in [-0.1, -0.05) is 30.3 Å². The largest absolute Gasteiger partial charge is 0.492 e. The van der Waals surface area contributed by atoms with Gasteiger partial charge in [-0.15, -0.1) is 0 Å². The van der Waals surface area contributed by atoms with Crippen molar-refractivity contribution in [3.8, 4) is 0 Å². The van der Waals surface area contributed by atoms with Crippen LogP contribution < -0.4 is 28.0 Å². The van der Waals surface area contributed by atoms with Crippen molar-refractivity contribution in [1.82, 2.24) is 10.2 Å². The minimum Gasteiger partial charge on any atom is -0.423 e. The summed E-state index contributed by atoms with van der Waals surface area (Å²) in [5, 5.41) is 13.0. The first kappa shape index (κ1) is 33.6. The number of carbonyl (C=O) groups is 3. The van der Waals surface area contributed by atoms with E-state index in [1.807, 2.05) is 13.8 Å². The first-order valence-electron chi connectivity index (χ1n) is 14.6. The Balaban J connectivity index is 1.46. The molecule has 0 spiro atoms. The predicted octanol–water partition coefficient (Wildman–Crippen LogP) is 0.492. The Morgan fingerprint density at radius 2 is 1.82 bits per heavy atom. The summed E-state index contributed by atoms with van der Waals surface area (Å²) < 4.78 is 44.8. The fraction of sp³-hybridized carbons (Fsp3) is 0.500. The second-order valence-corrected chi connectivity index (χ2v) is 12.1.